The molecule has 4 fully saturated rings. The molecule has 2 aliphatic carbocycles. The molecule has 0 unspecified atom stereocenters. The summed E-state index contributed by atoms with van der Waals surface area (Å²) in [6, 6.07) is 6.30. The third kappa shape index (κ3) is 6.32. The SMILES string of the molecule is C=CC(=O)C1(N)CC2(CCC(N)(c3nc(C4CN(C5CCOCC5)C4)nc4c(OCC(F)(F)F)c(-c5c(C)ccc6[nH]ncc56)c(CC)cc34)CC2)C1. The molecule has 4 heterocycles. The van der Waals surface area contributed by atoms with Gasteiger partial charge in [-0.25, -0.2) is 9.97 Å². The number of nitrogens with one attached hydrogen (secondary N) is 1. The minimum absolute atomic E-state index is 0.0160. The number of aryl methyl sites for hydroxylation is 2. The largest absolute Gasteiger partial charge is 0.481 e. The van der Waals surface area contributed by atoms with Gasteiger partial charge in [0.05, 0.1) is 28.5 Å². The summed E-state index contributed by atoms with van der Waals surface area (Å²) >= 11 is 0. The number of hydrogen-bond acceptors (Lipinski definition) is 9. The smallest absolute Gasteiger partial charge is 0.422 e. The number of benzene rings is 2. The van der Waals surface area contributed by atoms with Crippen LogP contribution < -0.4 is 16.2 Å². The van der Waals surface area contributed by atoms with Gasteiger partial charge in [-0.05, 0) is 105 Å². The highest BCUT2D eigenvalue weighted by atomic mass is 19.4. The first kappa shape index (κ1) is 36.1. The number of alkyl halides is 3. The van der Waals surface area contributed by atoms with Crippen LogP contribution in [0.5, 0.6) is 5.75 Å². The Labute approximate surface area is 306 Å². The molecule has 4 aromatic rings. The lowest BCUT2D eigenvalue weighted by molar-refractivity contribution is -0.153. The summed E-state index contributed by atoms with van der Waals surface area (Å²) in [4.78, 5) is 25.4. The molecule has 2 aliphatic heterocycles. The van der Waals surface area contributed by atoms with Gasteiger partial charge in [0.1, 0.15) is 11.3 Å². The molecule has 53 heavy (non-hydrogen) atoms. The van der Waals surface area contributed by atoms with Crippen molar-refractivity contribution in [1.82, 2.24) is 25.1 Å². The van der Waals surface area contributed by atoms with E-state index in [1.807, 2.05) is 32.0 Å². The van der Waals surface area contributed by atoms with Gasteiger partial charge in [-0.1, -0.05) is 19.6 Å². The number of carbonyl (C=O) groups is 1. The van der Waals surface area contributed by atoms with Gasteiger partial charge in [-0.2, -0.15) is 18.3 Å². The lowest BCUT2D eigenvalue weighted by atomic mass is 9.49. The van der Waals surface area contributed by atoms with Gasteiger partial charge in [0.2, 0.25) is 0 Å². The highest BCUT2D eigenvalue weighted by molar-refractivity contribution is 6.04. The summed E-state index contributed by atoms with van der Waals surface area (Å²) in [5.74, 6) is 0.514. The van der Waals surface area contributed by atoms with E-state index in [0.29, 0.717) is 66.1 Å². The molecule has 0 bridgehead atoms. The summed E-state index contributed by atoms with van der Waals surface area (Å²) in [6.07, 6.45) is 4.73. The third-order valence-corrected chi connectivity index (χ3v) is 12.6. The van der Waals surface area contributed by atoms with Crippen molar-refractivity contribution in [2.45, 2.75) is 101 Å². The van der Waals surface area contributed by atoms with Crippen molar-refractivity contribution >= 4 is 27.6 Å². The standard InChI is InChI=1S/C40H48F3N7O3/c1-4-24-16-27-33(34(53-22-40(41,42)43)32(24)31-23(3)6-7-29-28(31)17-46-49-29)47-36(25-18-50(19-25)26-8-14-52-15-9-26)48-35(27)38(44)12-10-37(11-13-38)20-39(45,21-37)30(51)5-2/h5-7,16-17,25-26H,2,4,8-15,18-22,44-45H2,1,3H3,(H,46,49). The zero-order chi connectivity index (χ0) is 37.3. The number of ether oxygens (including phenoxy) is 2. The second kappa shape index (κ2) is 13.1. The van der Waals surface area contributed by atoms with Gasteiger partial charge >= 0.3 is 6.18 Å². The number of carbonyl (C=O) groups excluding carboxylic acids is 1. The number of nitrogens with two attached hydrogens (primary N) is 2. The first-order valence-corrected chi connectivity index (χ1v) is 18.8. The fourth-order valence-electron chi connectivity index (χ4n) is 9.68. The van der Waals surface area contributed by atoms with Crippen molar-refractivity contribution in [2.75, 3.05) is 32.9 Å². The molecule has 4 aliphatic rings. The topological polar surface area (TPSA) is 145 Å². The Kier molecular flexibility index (Phi) is 8.95. The minimum atomic E-state index is -4.58. The van der Waals surface area contributed by atoms with Crippen molar-refractivity contribution in [3.05, 3.63) is 59.7 Å². The van der Waals surface area contributed by atoms with E-state index in [1.54, 1.807) is 6.20 Å². The minimum Gasteiger partial charge on any atom is -0.481 e. The number of fused-ring (bicyclic) bond motifs is 2. The molecule has 282 valence electrons. The average molecular weight is 732 g/mol. The average Bonchev–Trinajstić information content (AvgIpc) is 3.59. The van der Waals surface area contributed by atoms with Gasteiger partial charge in [-0.15, -0.1) is 0 Å². The van der Waals surface area contributed by atoms with Crippen LogP contribution in [0.3, 0.4) is 0 Å². The Hall–Kier alpha value is -3.91. The van der Waals surface area contributed by atoms with E-state index in [4.69, 9.17) is 30.9 Å². The summed E-state index contributed by atoms with van der Waals surface area (Å²) in [5, 5.41) is 8.68. The highest BCUT2D eigenvalue weighted by Crippen LogP contribution is 2.59. The Balaban J connectivity index is 1.28. The van der Waals surface area contributed by atoms with E-state index >= 15 is 0 Å². The van der Waals surface area contributed by atoms with E-state index in [1.165, 1.54) is 6.08 Å². The van der Waals surface area contributed by atoms with Crippen molar-refractivity contribution in [1.29, 1.82) is 0 Å². The number of rotatable bonds is 9. The number of likely N-dealkylation sites (tertiary alicyclic amines) is 1. The molecule has 0 amide bonds. The zero-order valence-electron chi connectivity index (χ0n) is 30.5. The number of aromatic nitrogens is 4. The van der Waals surface area contributed by atoms with Crippen molar-refractivity contribution in [3.8, 4) is 16.9 Å². The Bertz CT molecular complexity index is 2070. The van der Waals surface area contributed by atoms with Crippen molar-refractivity contribution < 1.29 is 27.4 Å². The van der Waals surface area contributed by atoms with Crippen LogP contribution in [0.25, 0.3) is 32.9 Å². The lowest BCUT2D eigenvalue weighted by Crippen LogP contribution is -2.64. The normalized spacial score (nSPS) is 27.2. The van der Waals surface area contributed by atoms with Gasteiger partial charge in [0, 0.05) is 54.6 Å². The highest BCUT2D eigenvalue weighted by Gasteiger charge is 2.58. The number of nitrogens with zero attached hydrogens (tertiary/aromatic N) is 4. The summed E-state index contributed by atoms with van der Waals surface area (Å²) in [6.45, 7) is 9.06. The monoisotopic (exact) mass is 731 g/mol. The quantitative estimate of drug-likeness (QED) is 0.164. The summed E-state index contributed by atoms with van der Waals surface area (Å²) in [5.41, 5.74) is 16.8. The predicted octanol–water partition coefficient (Wildman–Crippen LogP) is 6.52. The van der Waals surface area contributed by atoms with Crippen molar-refractivity contribution in [3.63, 3.8) is 0 Å². The first-order chi connectivity index (χ1) is 25.3. The molecular weight excluding hydrogens is 683 g/mol. The molecule has 2 aromatic heterocycles. The molecule has 0 atom stereocenters. The fourth-order valence-corrected chi connectivity index (χ4v) is 9.68. The van der Waals surface area contributed by atoms with Crippen LogP contribution >= 0.6 is 0 Å². The van der Waals surface area contributed by atoms with E-state index < -0.39 is 23.9 Å². The van der Waals surface area contributed by atoms with Gasteiger partial charge in [0.25, 0.3) is 0 Å². The third-order valence-electron chi connectivity index (χ3n) is 12.6. The number of H-pyrrole nitrogens is 1. The molecule has 13 heteroatoms. The summed E-state index contributed by atoms with van der Waals surface area (Å²) < 4.78 is 53.7. The second-order valence-electron chi connectivity index (χ2n) is 16.1. The number of halogens is 3. The number of ketones is 1. The molecule has 0 radical (unpaired) electrons. The van der Waals surface area contributed by atoms with Crippen LogP contribution in [0.4, 0.5) is 13.2 Å². The Morgan fingerprint density at radius 2 is 1.81 bits per heavy atom. The van der Waals surface area contributed by atoms with Crippen molar-refractivity contribution in [2.24, 2.45) is 16.9 Å². The maximum atomic E-state index is 14.1. The molecule has 8 rings (SSSR count). The van der Waals surface area contributed by atoms with Gasteiger partial charge < -0.3 is 20.9 Å². The Morgan fingerprint density at radius 1 is 1.09 bits per heavy atom. The molecule has 2 aromatic carbocycles. The number of aromatic amines is 1. The van der Waals surface area contributed by atoms with Crippen LogP contribution in [0, 0.1) is 12.3 Å². The van der Waals surface area contributed by atoms with Crippen LogP contribution in [0.2, 0.25) is 0 Å². The lowest BCUT2D eigenvalue weighted by Gasteiger charge is -2.57. The molecule has 1 spiro atoms. The molecule has 2 saturated heterocycles. The van der Waals surface area contributed by atoms with Gasteiger partial charge in [0.15, 0.2) is 18.1 Å². The second-order valence-corrected chi connectivity index (χ2v) is 16.1. The molecule has 5 N–H and O–H groups in total. The van der Waals surface area contributed by atoms with E-state index in [-0.39, 0.29) is 22.9 Å². The van der Waals surface area contributed by atoms with E-state index in [2.05, 4.69) is 21.7 Å². The van der Waals surface area contributed by atoms with Crippen LogP contribution in [0.15, 0.2) is 37.1 Å². The fraction of sp³-hybridized carbons (Fsp3) is 0.550. The first-order valence-electron chi connectivity index (χ1n) is 18.8. The zero-order valence-corrected chi connectivity index (χ0v) is 30.5. The molecular formula is C40H48F3N7O3. The number of hydrogen-bond donors (Lipinski definition) is 3. The van der Waals surface area contributed by atoms with E-state index in [9.17, 15) is 18.0 Å². The maximum Gasteiger partial charge on any atom is 0.422 e. The maximum absolute atomic E-state index is 14.1. The molecule has 10 nitrogen and oxygen atoms in total. The van der Waals surface area contributed by atoms with Gasteiger partial charge in [-0.3, -0.25) is 14.8 Å². The van der Waals surface area contributed by atoms with Crippen LogP contribution in [0.1, 0.15) is 86.9 Å². The predicted molar refractivity (Wildman–Crippen MR) is 197 cm³/mol. The van der Waals surface area contributed by atoms with Crippen LogP contribution in [-0.2, 0) is 21.5 Å². The Morgan fingerprint density at radius 3 is 2.47 bits per heavy atom. The molecule has 2 saturated carbocycles. The van der Waals surface area contributed by atoms with E-state index in [0.717, 1.165) is 79.6 Å². The van der Waals surface area contributed by atoms with Crippen LogP contribution in [-0.4, -0.2) is 81.5 Å². The summed E-state index contributed by atoms with van der Waals surface area (Å²) in [7, 11) is 0.